The number of halogens is 1. The molecule has 20 heavy (non-hydrogen) atoms. The summed E-state index contributed by atoms with van der Waals surface area (Å²) in [6.07, 6.45) is 2.08. The van der Waals surface area contributed by atoms with E-state index in [0.717, 1.165) is 18.6 Å². The summed E-state index contributed by atoms with van der Waals surface area (Å²) in [7, 11) is 1.85. The quantitative estimate of drug-likeness (QED) is 0.889. The first-order valence-electron chi connectivity index (χ1n) is 7.06. The molecule has 0 radical (unpaired) electrons. The molecule has 0 aliphatic carbocycles. The van der Waals surface area contributed by atoms with E-state index >= 15 is 0 Å². The number of carbonyl (C=O) groups is 1. The first-order chi connectivity index (χ1) is 9.69. The van der Waals surface area contributed by atoms with Gasteiger partial charge in [-0.2, -0.15) is 0 Å². The van der Waals surface area contributed by atoms with Gasteiger partial charge in [0.15, 0.2) is 0 Å². The zero-order chi connectivity index (χ0) is 14.1. The number of fused-ring (bicyclic) bond motifs is 1. The van der Waals surface area contributed by atoms with Gasteiger partial charge in [-0.1, -0.05) is 0 Å². The lowest BCUT2D eigenvalue weighted by molar-refractivity contribution is -0.116. The highest BCUT2D eigenvalue weighted by atomic mass is 19.1. The molecule has 2 aliphatic heterocycles. The van der Waals surface area contributed by atoms with Crippen molar-refractivity contribution in [3.8, 4) is 0 Å². The van der Waals surface area contributed by atoms with Crippen molar-refractivity contribution in [2.75, 3.05) is 25.6 Å². The van der Waals surface area contributed by atoms with Crippen LogP contribution in [0.25, 0.3) is 0 Å². The number of aryl methyl sites for hydroxylation is 1. The molecule has 108 valence electrons. The number of carbonyl (C=O) groups excluding carboxylic acids is 1. The monoisotopic (exact) mass is 278 g/mol. The van der Waals surface area contributed by atoms with Gasteiger partial charge < -0.3 is 15.4 Å². The lowest BCUT2D eigenvalue weighted by Crippen LogP contribution is -2.27. The Balaban J connectivity index is 1.94. The van der Waals surface area contributed by atoms with E-state index in [4.69, 9.17) is 4.74 Å². The number of rotatable bonds is 3. The van der Waals surface area contributed by atoms with E-state index in [9.17, 15) is 9.18 Å². The van der Waals surface area contributed by atoms with Crippen LogP contribution in [-0.2, 0) is 16.0 Å². The van der Waals surface area contributed by atoms with Crippen LogP contribution in [0.5, 0.6) is 0 Å². The molecule has 4 nitrogen and oxygen atoms in total. The lowest BCUT2D eigenvalue weighted by atomic mass is 9.89. The van der Waals surface area contributed by atoms with Gasteiger partial charge in [-0.05, 0) is 37.6 Å². The molecule has 0 aromatic heterocycles. The molecule has 0 spiro atoms. The third-order valence-electron chi connectivity index (χ3n) is 4.20. The van der Waals surface area contributed by atoms with Crippen molar-refractivity contribution in [2.24, 2.45) is 5.92 Å². The predicted molar refractivity (Wildman–Crippen MR) is 74.1 cm³/mol. The number of hydrogen-bond donors (Lipinski definition) is 2. The fourth-order valence-corrected chi connectivity index (χ4v) is 3.12. The summed E-state index contributed by atoms with van der Waals surface area (Å²) in [6.45, 7) is 1.41. The minimum atomic E-state index is -0.266. The molecule has 1 aromatic rings. The Morgan fingerprint density at radius 1 is 1.45 bits per heavy atom. The number of ether oxygens (including phenoxy) is 1. The normalized spacial score (nSPS) is 23.3. The van der Waals surface area contributed by atoms with Crippen LogP contribution in [0.3, 0.4) is 0 Å². The van der Waals surface area contributed by atoms with Crippen LogP contribution >= 0.6 is 0 Å². The summed E-state index contributed by atoms with van der Waals surface area (Å²) in [5.41, 5.74) is 2.30. The molecular formula is C15H19FN2O2. The van der Waals surface area contributed by atoms with Gasteiger partial charge in [0.25, 0.3) is 0 Å². The third-order valence-corrected chi connectivity index (χ3v) is 4.20. The summed E-state index contributed by atoms with van der Waals surface area (Å²) in [5.74, 6) is -0.0121. The number of benzene rings is 1. The number of amides is 1. The van der Waals surface area contributed by atoms with E-state index in [2.05, 4.69) is 10.6 Å². The SMILES string of the molecule is CNC(c1cc2c(cc1F)NC(=O)CC2)C1CCOC1. The highest BCUT2D eigenvalue weighted by molar-refractivity contribution is 5.93. The lowest BCUT2D eigenvalue weighted by Gasteiger charge is -2.25. The van der Waals surface area contributed by atoms with E-state index in [0.29, 0.717) is 36.6 Å². The Morgan fingerprint density at radius 3 is 3.00 bits per heavy atom. The van der Waals surface area contributed by atoms with Crippen molar-refractivity contribution < 1.29 is 13.9 Å². The van der Waals surface area contributed by atoms with Crippen LogP contribution in [0, 0.1) is 11.7 Å². The molecule has 2 atom stereocenters. The number of nitrogens with one attached hydrogen (secondary N) is 2. The van der Waals surface area contributed by atoms with E-state index < -0.39 is 0 Å². The van der Waals surface area contributed by atoms with Crippen LogP contribution in [-0.4, -0.2) is 26.2 Å². The van der Waals surface area contributed by atoms with Gasteiger partial charge in [0.1, 0.15) is 5.82 Å². The van der Waals surface area contributed by atoms with Gasteiger partial charge in [0.05, 0.1) is 6.61 Å². The van der Waals surface area contributed by atoms with Crippen LogP contribution in [0.15, 0.2) is 12.1 Å². The molecule has 5 heteroatoms. The predicted octanol–water partition coefficient (Wildman–Crippen LogP) is 2.01. The van der Waals surface area contributed by atoms with Gasteiger partial charge in [0.2, 0.25) is 5.91 Å². The Morgan fingerprint density at radius 2 is 2.30 bits per heavy atom. The molecule has 1 aromatic carbocycles. The smallest absolute Gasteiger partial charge is 0.224 e. The topological polar surface area (TPSA) is 50.4 Å². The minimum Gasteiger partial charge on any atom is -0.381 e. The molecule has 0 saturated carbocycles. The van der Waals surface area contributed by atoms with Gasteiger partial charge in [-0.3, -0.25) is 4.79 Å². The zero-order valence-corrected chi connectivity index (χ0v) is 11.5. The molecule has 3 rings (SSSR count). The van der Waals surface area contributed by atoms with Crippen LogP contribution in [0.4, 0.5) is 10.1 Å². The van der Waals surface area contributed by atoms with E-state index in [1.54, 1.807) is 0 Å². The van der Waals surface area contributed by atoms with Crippen LogP contribution in [0.2, 0.25) is 0 Å². The Hall–Kier alpha value is -1.46. The number of hydrogen-bond acceptors (Lipinski definition) is 3. The minimum absolute atomic E-state index is 0.0413. The van der Waals surface area contributed by atoms with Crippen molar-refractivity contribution in [3.63, 3.8) is 0 Å². The maximum atomic E-state index is 14.4. The summed E-state index contributed by atoms with van der Waals surface area (Å²) >= 11 is 0. The van der Waals surface area contributed by atoms with E-state index in [-0.39, 0.29) is 17.8 Å². The van der Waals surface area contributed by atoms with Crippen molar-refractivity contribution in [1.29, 1.82) is 0 Å². The fourth-order valence-electron chi connectivity index (χ4n) is 3.12. The van der Waals surface area contributed by atoms with Gasteiger partial charge in [-0.15, -0.1) is 0 Å². The van der Waals surface area contributed by atoms with E-state index in [1.807, 2.05) is 13.1 Å². The maximum absolute atomic E-state index is 14.4. The highest BCUT2D eigenvalue weighted by Crippen LogP contribution is 2.34. The number of anilines is 1. The van der Waals surface area contributed by atoms with Crippen molar-refractivity contribution in [3.05, 3.63) is 29.1 Å². The summed E-state index contributed by atoms with van der Waals surface area (Å²) in [5, 5.41) is 5.94. The Kier molecular flexibility index (Phi) is 3.72. The molecule has 0 bridgehead atoms. The zero-order valence-electron chi connectivity index (χ0n) is 11.5. The third kappa shape index (κ3) is 2.43. The molecule has 2 unspecified atom stereocenters. The van der Waals surface area contributed by atoms with E-state index in [1.165, 1.54) is 6.07 Å². The second-order valence-corrected chi connectivity index (χ2v) is 5.47. The molecule has 1 saturated heterocycles. The van der Waals surface area contributed by atoms with Crippen LogP contribution in [0.1, 0.15) is 30.0 Å². The summed E-state index contributed by atoms with van der Waals surface area (Å²) < 4.78 is 19.8. The van der Waals surface area contributed by atoms with Gasteiger partial charge in [0, 0.05) is 36.2 Å². The van der Waals surface area contributed by atoms with Crippen molar-refractivity contribution in [2.45, 2.75) is 25.3 Å². The van der Waals surface area contributed by atoms with Crippen LogP contribution < -0.4 is 10.6 Å². The maximum Gasteiger partial charge on any atom is 0.224 e. The molecule has 2 aliphatic rings. The van der Waals surface area contributed by atoms with Crippen molar-refractivity contribution in [1.82, 2.24) is 5.32 Å². The molecule has 1 amide bonds. The largest absolute Gasteiger partial charge is 0.381 e. The Labute approximate surface area is 117 Å². The van der Waals surface area contributed by atoms with Crippen molar-refractivity contribution >= 4 is 11.6 Å². The summed E-state index contributed by atoms with van der Waals surface area (Å²) in [6, 6.07) is 3.30. The summed E-state index contributed by atoms with van der Waals surface area (Å²) in [4.78, 5) is 11.4. The Bertz CT molecular complexity index is 527. The second-order valence-electron chi connectivity index (χ2n) is 5.47. The fraction of sp³-hybridized carbons (Fsp3) is 0.533. The second kappa shape index (κ2) is 5.50. The van der Waals surface area contributed by atoms with Gasteiger partial charge >= 0.3 is 0 Å². The standard InChI is InChI=1S/C15H19FN2O2/c1-17-15(10-4-5-20-8-10)11-6-9-2-3-14(19)18-13(9)7-12(11)16/h6-7,10,15,17H,2-5,8H2,1H3,(H,18,19). The first kappa shape index (κ1) is 13.5. The van der Waals surface area contributed by atoms with Gasteiger partial charge in [-0.25, -0.2) is 4.39 Å². The molecule has 2 N–H and O–H groups in total. The molecule has 1 fully saturated rings. The highest BCUT2D eigenvalue weighted by Gasteiger charge is 2.29. The molecule has 2 heterocycles. The molecular weight excluding hydrogens is 259 g/mol. The average molecular weight is 278 g/mol. The average Bonchev–Trinajstić information content (AvgIpc) is 2.94. The first-order valence-corrected chi connectivity index (χ1v) is 7.06.